The van der Waals surface area contributed by atoms with Crippen LogP contribution in [-0.4, -0.2) is 19.8 Å². The number of sulfonamides is 1. The zero-order valence-electron chi connectivity index (χ0n) is 11.4. The predicted molar refractivity (Wildman–Crippen MR) is 78.3 cm³/mol. The van der Waals surface area contributed by atoms with E-state index in [1.165, 1.54) is 0 Å². The van der Waals surface area contributed by atoms with Crippen LogP contribution >= 0.6 is 15.9 Å². The Morgan fingerprint density at radius 3 is 2.40 bits per heavy atom. The van der Waals surface area contributed by atoms with Gasteiger partial charge in [-0.2, -0.15) is 0 Å². The molecule has 0 aromatic heterocycles. The fraction of sp³-hybridized carbons (Fsp3) is 0.538. The van der Waals surface area contributed by atoms with Crippen LogP contribution in [0.3, 0.4) is 0 Å². The molecule has 0 amide bonds. The number of rotatable bonds is 7. The molecule has 0 bridgehead atoms. The fourth-order valence-electron chi connectivity index (χ4n) is 1.92. The first-order chi connectivity index (χ1) is 9.31. The number of alkyl halides is 1. The van der Waals surface area contributed by atoms with Crippen LogP contribution in [0.5, 0.6) is 0 Å². The zero-order valence-corrected chi connectivity index (χ0v) is 13.8. The van der Waals surface area contributed by atoms with Crippen LogP contribution in [0.1, 0.15) is 26.7 Å². The summed E-state index contributed by atoms with van der Waals surface area (Å²) in [6, 6.07) is 2.36. The highest BCUT2D eigenvalue weighted by Gasteiger charge is 2.22. The Labute approximate surface area is 126 Å². The van der Waals surface area contributed by atoms with E-state index in [4.69, 9.17) is 0 Å². The van der Waals surface area contributed by atoms with Crippen molar-refractivity contribution in [2.24, 2.45) is 5.92 Å². The van der Waals surface area contributed by atoms with Crippen molar-refractivity contribution in [1.29, 1.82) is 0 Å². The summed E-state index contributed by atoms with van der Waals surface area (Å²) in [7, 11) is -4.05. The van der Waals surface area contributed by atoms with Gasteiger partial charge < -0.3 is 0 Å². The second kappa shape index (κ2) is 7.47. The third kappa shape index (κ3) is 4.49. The molecule has 0 heterocycles. The second-order valence-corrected chi connectivity index (χ2v) is 7.43. The lowest BCUT2D eigenvalue weighted by atomic mass is 10.00. The van der Waals surface area contributed by atoms with Crippen LogP contribution in [0, 0.1) is 17.6 Å². The highest BCUT2D eigenvalue weighted by atomic mass is 79.9. The molecule has 3 nitrogen and oxygen atoms in total. The summed E-state index contributed by atoms with van der Waals surface area (Å²) in [6.45, 7) is 4.16. The second-order valence-electron chi connectivity index (χ2n) is 4.52. The van der Waals surface area contributed by atoms with E-state index in [1.54, 1.807) is 0 Å². The first-order valence-electron chi connectivity index (χ1n) is 6.40. The molecule has 1 unspecified atom stereocenters. The molecule has 20 heavy (non-hydrogen) atoms. The van der Waals surface area contributed by atoms with E-state index in [1.807, 2.05) is 13.8 Å². The van der Waals surface area contributed by atoms with Crippen molar-refractivity contribution >= 4 is 26.0 Å². The van der Waals surface area contributed by atoms with E-state index in [9.17, 15) is 17.2 Å². The van der Waals surface area contributed by atoms with Gasteiger partial charge in [0.2, 0.25) is 10.0 Å². The Morgan fingerprint density at radius 1 is 1.25 bits per heavy atom. The minimum atomic E-state index is -4.05. The van der Waals surface area contributed by atoms with Gasteiger partial charge in [-0.05, 0) is 24.1 Å². The van der Waals surface area contributed by atoms with Crippen molar-refractivity contribution in [2.45, 2.75) is 36.4 Å². The van der Waals surface area contributed by atoms with Crippen molar-refractivity contribution < 1.29 is 17.2 Å². The molecule has 1 N–H and O–H groups in total. The summed E-state index contributed by atoms with van der Waals surface area (Å²) >= 11 is 3.43. The monoisotopic (exact) mass is 369 g/mol. The van der Waals surface area contributed by atoms with Gasteiger partial charge in [0.25, 0.3) is 0 Å². The molecule has 0 radical (unpaired) electrons. The Bertz CT molecular complexity index is 547. The summed E-state index contributed by atoms with van der Waals surface area (Å²) in [5.41, 5.74) is 0. The predicted octanol–water partition coefficient (Wildman–Crippen LogP) is 3.44. The molecule has 1 atom stereocenters. The lowest BCUT2D eigenvalue weighted by Gasteiger charge is -2.20. The zero-order chi connectivity index (χ0) is 15.3. The Balaban J connectivity index is 2.83. The van der Waals surface area contributed by atoms with Gasteiger partial charge in [-0.25, -0.2) is 21.9 Å². The molecule has 0 aliphatic carbocycles. The van der Waals surface area contributed by atoms with E-state index in [0.29, 0.717) is 12.0 Å². The largest absolute Gasteiger partial charge is 0.243 e. The Kier molecular flexibility index (Phi) is 6.54. The third-order valence-corrected chi connectivity index (χ3v) is 5.72. The van der Waals surface area contributed by atoms with Crippen LogP contribution in [0.25, 0.3) is 0 Å². The number of hydrogen-bond acceptors (Lipinski definition) is 2. The molecule has 1 aromatic carbocycles. The van der Waals surface area contributed by atoms with Gasteiger partial charge in [-0.3, -0.25) is 0 Å². The van der Waals surface area contributed by atoms with Crippen LogP contribution in [0.15, 0.2) is 23.1 Å². The molecule has 0 spiro atoms. The summed E-state index contributed by atoms with van der Waals surface area (Å²) in [5, 5.41) is 0. The van der Waals surface area contributed by atoms with E-state index < -0.39 is 26.6 Å². The smallest absolute Gasteiger partial charge is 0.210 e. The Hall–Kier alpha value is -0.530. The highest BCUT2D eigenvalue weighted by molar-refractivity contribution is 9.09. The SMILES string of the molecule is CCC(CC)C(Br)CNS(=O)(=O)c1cc(F)ccc1F. The standard InChI is InChI=1S/C13H18BrF2NO2S/c1-3-9(4-2)11(14)8-17-20(18,19)13-7-10(15)5-6-12(13)16/h5-7,9,11,17H,3-4,8H2,1-2H3. The molecule has 114 valence electrons. The van der Waals surface area contributed by atoms with E-state index >= 15 is 0 Å². The van der Waals surface area contributed by atoms with Gasteiger partial charge in [0.1, 0.15) is 16.5 Å². The van der Waals surface area contributed by atoms with Gasteiger partial charge in [0, 0.05) is 11.4 Å². The average Bonchev–Trinajstić information content (AvgIpc) is 2.40. The van der Waals surface area contributed by atoms with Crippen LogP contribution in [0.2, 0.25) is 0 Å². The molecular formula is C13H18BrF2NO2S. The maximum Gasteiger partial charge on any atom is 0.243 e. The molecule has 7 heteroatoms. The van der Waals surface area contributed by atoms with Crippen molar-refractivity contribution in [3.05, 3.63) is 29.8 Å². The summed E-state index contributed by atoms with van der Waals surface area (Å²) in [6.07, 6.45) is 1.81. The number of nitrogens with one attached hydrogen (secondary N) is 1. The number of benzene rings is 1. The normalized spacial score (nSPS) is 13.7. The van der Waals surface area contributed by atoms with Gasteiger partial charge in [-0.15, -0.1) is 0 Å². The van der Waals surface area contributed by atoms with Crippen molar-refractivity contribution in [3.63, 3.8) is 0 Å². The topological polar surface area (TPSA) is 46.2 Å². The highest BCUT2D eigenvalue weighted by Crippen LogP contribution is 2.21. The molecule has 0 saturated carbocycles. The van der Waals surface area contributed by atoms with Crippen molar-refractivity contribution in [3.8, 4) is 0 Å². The van der Waals surface area contributed by atoms with Crippen LogP contribution in [0.4, 0.5) is 8.78 Å². The van der Waals surface area contributed by atoms with E-state index in [2.05, 4.69) is 20.7 Å². The summed E-state index contributed by atoms with van der Waals surface area (Å²) in [4.78, 5) is -0.717. The van der Waals surface area contributed by atoms with E-state index in [0.717, 1.165) is 25.0 Å². The van der Waals surface area contributed by atoms with Crippen LogP contribution in [-0.2, 0) is 10.0 Å². The van der Waals surface area contributed by atoms with Gasteiger partial charge in [-0.1, -0.05) is 42.6 Å². The summed E-state index contributed by atoms with van der Waals surface area (Å²) < 4.78 is 52.8. The molecular weight excluding hydrogens is 352 g/mol. The number of halogens is 3. The molecule has 1 aromatic rings. The fourth-order valence-corrected chi connectivity index (χ4v) is 4.19. The quantitative estimate of drug-likeness (QED) is 0.748. The minimum Gasteiger partial charge on any atom is -0.210 e. The lowest BCUT2D eigenvalue weighted by molar-refractivity contribution is 0.470. The average molecular weight is 370 g/mol. The maximum atomic E-state index is 13.5. The lowest BCUT2D eigenvalue weighted by Crippen LogP contribution is -2.33. The first-order valence-corrected chi connectivity index (χ1v) is 8.80. The maximum absolute atomic E-state index is 13.5. The van der Waals surface area contributed by atoms with Crippen molar-refractivity contribution in [1.82, 2.24) is 4.72 Å². The van der Waals surface area contributed by atoms with Gasteiger partial charge in [0.05, 0.1) is 0 Å². The molecule has 0 aliphatic rings. The van der Waals surface area contributed by atoms with Crippen molar-refractivity contribution in [2.75, 3.05) is 6.54 Å². The molecule has 0 aliphatic heterocycles. The van der Waals surface area contributed by atoms with E-state index in [-0.39, 0.29) is 11.4 Å². The van der Waals surface area contributed by atoms with Gasteiger partial charge in [0.15, 0.2) is 0 Å². The van der Waals surface area contributed by atoms with Crippen LogP contribution < -0.4 is 4.72 Å². The minimum absolute atomic E-state index is 0.0519. The molecule has 0 fully saturated rings. The summed E-state index contributed by atoms with van der Waals surface area (Å²) in [5.74, 6) is -1.44. The number of hydrogen-bond donors (Lipinski definition) is 1. The Morgan fingerprint density at radius 2 is 1.85 bits per heavy atom. The molecule has 0 saturated heterocycles. The first kappa shape index (κ1) is 17.5. The van der Waals surface area contributed by atoms with Gasteiger partial charge >= 0.3 is 0 Å². The molecule has 1 rings (SSSR count). The third-order valence-electron chi connectivity index (χ3n) is 3.21.